The Morgan fingerprint density at radius 3 is 1.97 bits per heavy atom. The lowest BCUT2D eigenvalue weighted by Crippen LogP contribution is -2.68. The van der Waals surface area contributed by atoms with Gasteiger partial charge >= 0.3 is 0 Å². The fourth-order valence-corrected chi connectivity index (χ4v) is 4.50. The molecule has 0 saturated carbocycles. The molecule has 4 fully saturated rings. The quantitative estimate of drug-likeness (QED) is 0.103. The Bertz CT molecular complexity index is 831. The van der Waals surface area contributed by atoms with E-state index in [1.54, 1.807) is 0 Å². The Kier molecular flexibility index (Phi) is 9.98. The fraction of sp³-hybridized carbons (Fsp3) is 0.850. The molecule has 15 unspecified atom stereocenters. The molecule has 0 amide bonds. The maximum absolute atomic E-state index is 11.2. The van der Waals surface area contributed by atoms with Crippen LogP contribution in [0, 0.1) is 0 Å². The Balaban J connectivity index is 1.49. The second kappa shape index (κ2) is 13.0. The van der Waals surface area contributed by atoms with Crippen LogP contribution in [0.25, 0.3) is 0 Å². The Morgan fingerprint density at radius 1 is 0.641 bits per heavy atom. The van der Waals surface area contributed by atoms with Gasteiger partial charge in [0.05, 0.1) is 0 Å². The maximum atomic E-state index is 11.2. The lowest BCUT2D eigenvalue weighted by Gasteiger charge is -2.49. The highest BCUT2D eigenvalue weighted by molar-refractivity contribution is 5.38. The van der Waals surface area contributed by atoms with E-state index in [1.807, 2.05) is 0 Å². The summed E-state index contributed by atoms with van der Waals surface area (Å²) in [4.78, 5) is 33.0. The van der Waals surface area contributed by atoms with Crippen molar-refractivity contribution in [3.8, 4) is 0 Å². The SMILES string of the molecule is COC1OC(OC=O)C2OC(OC(OC=O)C3OC4OC(OC=O)C(OC)C(O)C4OC3O)C(O)OC2C1O. The van der Waals surface area contributed by atoms with Crippen LogP contribution < -0.4 is 0 Å². The molecule has 4 aliphatic heterocycles. The topological polar surface area (TPSA) is 243 Å². The van der Waals surface area contributed by atoms with Gasteiger partial charge in [0.2, 0.25) is 31.5 Å². The monoisotopic (exact) mass is 572 g/mol. The van der Waals surface area contributed by atoms with Crippen molar-refractivity contribution in [3.63, 3.8) is 0 Å². The number of carbonyl (C=O) groups is 3. The van der Waals surface area contributed by atoms with Crippen molar-refractivity contribution in [1.29, 1.82) is 0 Å². The van der Waals surface area contributed by atoms with Gasteiger partial charge in [-0.2, -0.15) is 0 Å². The highest BCUT2D eigenvalue weighted by Gasteiger charge is 2.57. The number of aliphatic hydroxyl groups excluding tert-OH is 4. The van der Waals surface area contributed by atoms with Gasteiger partial charge in [-0.1, -0.05) is 0 Å². The van der Waals surface area contributed by atoms with Crippen molar-refractivity contribution in [2.24, 2.45) is 0 Å². The number of hydrogen-bond acceptors (Lipinski definition) is 19. The zero-order valence-electron chi connectivity index (χ0n) is 20.3. The third-order valence-electron chi connectivity index (χ3n) is 6.25. The van der Waals surface area contributed by atoms with Gasteiger partial charge in [-0.25, -0.2) is 0 Å². The number of aliphatic hydroxyl groups is 4. The molecule has 19 heteroatoms. The number of carbonyl (C=O) groups excluding carboxylic acids is 3. The molecule has 4 aliphatic rings. The van der Waals surface area contributed by atoms with Gasteiger partial charge < -0.3 is 77.3 Å². The van der Waals surface area contributed by atoms with Gasteiger partial charge in [-0.05, 0) is 0 Å². The number of fused-ring (bicyclic) bond motifs is 2. The second-order valence-corrected chi connectivity index (χ2v) is 8.42. The smallest absolute Gasteiger partial charge is 0.295 e. The van der Waals surface area contributed by atoms with E-state index in [1.165, 1.54) is 14.2 Å². The molecule has 0 radical (unpaired) electrons. The largest absolute Gasteiger partial charge is 0.435 e. The zero-order chi connectivity index (χ0) is 28.3. The third kappa shape index (κ3) is 6.00. The van der Waals surface area contributed by atoms with Crippen molar-refractivity contribution < 1.29 is 91.7 Å². The molecule has 0 aromatic rings. The lowest BCUT2D eigenvalue weighted by molar-refractivity contribution is -0.457. The van der Waals surface area contributed by atoms with Crippen LogP contribution in [0.15, 0.2) is 0 Å². The van der Waals surface area contributed by atoms with Crippen molar-refractivity contribution in [2.45, 2.75) is 93.0 Å². The fourth-order valence-electron chi connectivity index (χ4n) is 4.50. The summed E-state index contributed by atoms with van der Waals surface area (Å²) in [6, 6.07) is 0. The minimum absolute atomic E-state index is 0.0447. The summed E-state index contributed by atoms with van der Waals surface area (Å²) < 4.78 is 62.7. The molecule has 0 bridgehead atoms. The van der Waals surface area contributed by atoms with E-state index in [0.717, 1.165) is 0 Å². The summed E-state index contributed by atoms with van der Waals surface area (Å²) in [7, 11) is 2.42. The average Bonchev–Trinajstić information content (AvgIpc) is 2.91. The van der Waals surface area contributed by atoms with Crippen LogP contribution in [0.5, 0.6) is 0 Å². The second-order valence-electron chi connectivity index (χ2n) is 8.42. The van der Waals surface area contributed by atoms with E-state index in [0.29, 0.717) is 0 Å². The normalized spacial score (nSPS) is 46.6. The van der Waals surface area contributed by atoms with Crippen LogP contribution in [0.4, 0.5) is 0 Å². The highest BCUT2D eigenvalue weighted by Crippen LogP contribution is 2.36. The standard InChI is InChI=1S/C20H28O19/c1-28-9-6(24)10-19(38-16(9)30-3-21)36-12(13(26)34-10)18(32-5-23)39-20-14(27)33-8-7(25)15(29-2)37-17(31-4-22)11(8)35-20/h3-20,24-27H,1-2H3. The minimum atomic E-state index is -1.93. The van der Waals surface area contributed by atoms with Crippen molar-refractivity contribution in [3.05, 3.63) is 0 Å². The summed E-state index contributed by atoms with van der Waals surface area (Å²) in [6.07, 6.45) is -23.2. The van der Waals surface area contributed by atoms with Crippen molar-refractivity contribution in [2.75, 3.05) is 14.2 Å². The van der Waals surface area contributed by atoms with E-state index in [-0.39, 0.29) is 19.4 Å². The molecule has 0 aromatic carbocycles. The van der Waals surface area contributed by atoms with Gasteiger partial charge in [0, 0.05) is 14.2 Å². The van der Waals surface area contributed by atoms with Crippen LogP contribution >= 0.6 is 0 Å². The predicted octanol–water partition coefficient (Wildman–Crippen LogP) is -4.87. The van der Waals surface area contributed by atoms with Crippen LogP contribution in [0.2, 0.25) is 0 Å². The van der Waals surface area contributed by atoms with E-state index in [4.69, 9.17) is 56.8 Å². The molecular formula is C20H28O19. The first-order valence-electron chi connectivity index (χ1n) is 11.4. The van der Waals surface area contributed by atoms with Crippen LogP contribution in [0.1, 0.15) is 0 Å². The van der Waals surface area contributed by atoms with Crippen LogP contribution in [-0.2, 0) is 71.2 Å². The van der Waals surface area contributed by atoms with Gasteiger partial charge in [0.1, 0.15) is 30.5 Å². The number of rotatable bonds is 11. The molecule has 19 nitrogen and oxygen atoms in total. The van der Waals surface area contributed by atoms with E-state index in [9.17, 15) is 34.8 Å². The van der Waals surface area contributed by atoms with Gasteiger partial charge in [0.25, 0.3) is 19.4 Å². The van der Waals surface area contributed by atoms with Crippen molar-refractivity contribution in [1.82, 2.24) is 0 Å². The first-order chi connectivity index (χ1) is 18.8. The van der Waals surface area contributed by atoms with Crippen molar-refractivity contribution >= 4 is 19.4 Å². The predicted molar refractivity (Wildman–Crippen MR) is 109 cm³/mol. The van der Waals surface area contributed by atoms with Crippen LogP contribution in [-0.4, -0.2) is 147 Å². The molecule has 15 atom stereocenters. The first-order valence-corrected chi connectivity index (χ1v) is 11.4. The Labute approximate surface area is 219 Å². The molecule has 0 spiro atoms. The minimum Gasteiger partial charge on any atom is -0.435 e. The first kappa shape index (κ1) is 29.9. The molecule has 4 N–H and O–H groups in total. The third-order valence-corrected chi connectivity index (χ3v) is 6.25. The molecule has 4 heterocycles. The summed E-state index contributed by atoms with van der Waals surface area (Å²) in [6.45, 7) is 0.0259. The molecule has 0 aromatic heterocycles. The summed E-state index contributed by atoms with van der Waals surface area (Å²) in [5.74, 6) is 0. The molecule has 222 valence electrons. The van der Waals surface area contributed by atoms with Crippen LogP contribution in [0.3, 0.4) is 0 Å². The van der Waals surface area contributed by atoms with E-state index >= 15 is 0 Å². The molecule has 0 aliphatic carbocycles. The van der Waals surface area contributed by atoms with Gasteiger partial charge in [-0.15, -0.1) is 0 Å². The Morgan fingerprint density at radius 2 is 1.33 bits per heavy atom. The zero-order valence-corrected chi connectivity index (χ0v) is 20.3. The van der Waals surface area contributed by atoms with E-state index in [2.05, 4.69) is 0 Å². The Hall–Kier alpha value is -2.11. The number of hydrogen-bond donors (Lipinski definition) is 4. The molecular weight excluding hydrogens is 544 g/mol. The molecule has 4 saturated heterocycles. The lowest BCUT2D eigenvalue weighted by atomic mass is 10.0. The maximum Gasteiger partial charge on any atom is 0.295 e. The van der Waals surface area contributed by atoms with Gasteiger partial charge in [0.15, 0.2) is 31.1 Å². The average molecular weight is 572 g/mol. The highest BCUT2D eigenvalue weighted by atomic mass is 16.9. The summed E-state index contributed by atoms with van der Waals surface area (Å²) in [5.41, 5.74) is 0. The number of methoxy groups -OCH3 is 2. The summed E-state index contributed by atoms with van der Waals surface area (Å²) >= 11 is 0. The number of ether oxygens (including phenoxy) is 12. The molecule has 39 heavy (non-hydrogen) atoms. The molecule has 4 rings (SSSR count). The van der Waals surface area contributed by atoms with E-state index < -0.39 is 93.0 Å². The van der Waals surface area contributed by atoms with Gasteiger partial charge in [-0.3, -0.25) is 14.4 Å². The summed E-state index contributed by atoms with van der Waals surface area (Å²) in [5, 5.41) is 42.0.